The van der Waals surface area contributed by atoms with E-state index in [2.05, 4.69) is 0 Å². The third-order valence-electron chi connectivity index (χ3n) is 4.27. The lowest BCUT2D eigenvalue weighted by Crippen LogP contribution is -2.40. The molecule has 1 aromatic carbocycles. The van der Waals surface area contributed by atoms with E-state index in [1.807, 2.05) is 31.2 Å². The molecule has 0 aliphatic carbocycles. The molecule has 0 saturated carbocycles. The lowest BCUT2D eigenvalue weighted by molar-refractivity contribution is -0.132. The number of hydrogen-bond donors (Lipinski definition) is 0. The number of methoxy groups -OCH3 is 2. The van der Waals surface area contributed by atoms with Crippen LogP contribution in [0.25, 0.3) is 0 Å². The summed E-state index contributed by atoms with van der Waals surface area (Å²) >= 11 is 0. The van der Waals surface area contributed by atoms with Crippen molar-refractivity contribution in [2.45, 2.75) is 25.9 Å². The smallest absolute Gasteiger partial charge is 0.293 e. The van der Waals surface area contributed by atoms with Gasteiger partial charge in [-0.05, 0) is 37.1 Å². The highest BCUT2D eigenvalue weighted by Gasteiger charge is 2.18. The van der Waals surface area contributed by atoms with Crippen molar-refractivity contribution in [3.8, 4) is 11.5 Å². The summed E-state index contributed by atoms with van der Waals surface area (Å²) in [6, 6.07) is 11.0. The zero-order valence-corrected chi connectivity index (χ0v) is 15.1. The minimum Gasteiger partial charge on any atom is -0.496 e. The van der Waals surface area contributed by atoms with Crippen molar-refractivity contribution in [1.82, 2.24) is 9.47 Å². The summed E-state index contributed by atoms with van der Waals surface area (Å²) in [7, 11) is 4.81. The van der Waals surface area contributed by atoms with Crippen LogP contribution in [0.5, 0.6) is 11.5 Å². The molecule has 1 heterocycles. The second-order valence-electron chi connectivity index (χ2n) is 5.88. The highest BCUT2D eigenvalue weighted by Crippen LogP contribution is 2.20. The van der Waals surface area contributed by atoms with Gasteiger partial charge in [-0.1, -0.05) is 18.2 Å². The number of rotatable bonds is 7. The molecular formula is C19H24N2O4. The second-order valence-corrected chi connectivity index (χ2v) is 5.88. The maximum atomic E-state index is 12.5. The Morgan fingerprint density at radius 1 is 1.12 bits per heavy atom. The highest BCUT2D eigenvalue weighted by molar-refractivity contribution is 5.76. The van der Waals surface area contributed by atoms with Crippen LogP contribution in [0, 0.1) is 0 Å². The van der Waals surface area contributed by atoms with Gasteiger partial charge in [0.1, 0.15) is 12.3 Å². The maximum Gasteiger partial charge on any atom is 0.293 e. The summed E-state index contributed by atoms with van der Waals surface area (Å²) in [6.07, 6.45) is 2.25. The van der Waals surface area contributed by atoms with Crippen LogP contribution in [0.3, 0.4) is 0 Å². The molecule has 0 saturated heterocycles. The third kappa shape index (κ3) is 4.41. The van der Waals surface area contributed by atoms with Crippen LogP contribution in [0.2, 0.25) is 0 Å². The molecule has 0 bridgehead atoms. The molecule has 134 valence electrons. The van der Waals surface area contributed by atoms with E-state index >= 15 is 0 Å². The van der Waals surface area contributed by atoms with Crippen molar-refractivity contribution in [2.75, 3.05) is 21.3 Å². The minimum atomic E-state index is -0.316. The Balaban J connectivity index is 2.08. The van der Waals surface area contributed by atoms with Crippen molar-refractivity contribution in [3.05, 3.63) is 58.5 Å². The van der Waals surface area contributed by atoms with Crippen LogP contribution in [-0.4, -0.2) is 42.7 Å². The number of pyridine rings is 1. The molecule has 2 rings (SSSR count). The van der Waals surface area contributed by atoms with Gasteiger partial charge in [-0.25, -0.2) is 0 Å². The quantitative estimate of drug-likeness (QED) is 0.770. The van der Waals surface area contributed by atoms with Gasteiger partial charge in [0.25, 0.3) is 5.56 Å². The predicted octanol–water partition coefficient (Wildman–Crippen LogP) is 1.96. The number of benzene rings is 1. The number of carbonyl (C=O) groups is 1. The topological polar surface area (TPSA) is 60.8 Å². The van der Waals surface area contributed by atoms with E-state index in [0.717, 1.165) is 11.3 Å². The van der Waals surface area contributed by atoms with Crippen molar-refractivity contribution in [2.24, 2.45) is 0 Å². The molecule has 6 nitrogen and oxygen atoms in total. The molecule has 0 spiro atoms. The van der Waals surface area contributed by atoms with E-state index in [9.17, 15) is 9.59 Å². The van der Waals surface area contributed by atoms with Crippen LogP contribution in [0.1, 0.15) is 12.5 Å². The van der Waals surface area contributed by atoms with Gasteiger partial charge in [0.15, 0.2) is 5.75 Å². The summed E-state index contributed by atoms with van der Waals surface area (Å²) in [5.74, 6) is 0.886. The van der Waals surface area contributed by atoms with Crippen molar-refractivity contribution in [1.29, 1.82) is 0 Å². The normalized spacial score (nSPS) is 11.7. The Morgan fingerprint density at radius 3 is 2.44 bits per heavy atom. The first-order valence-corrected chi connectivity index (χ1v) is 8.09. The monoisotopic (exact) mass is 344 g/mol. The molecule has 2 aromatic rings. The summed E-state index contributed by atoms with van der Waals surface area (Å²) < 4.78 is 11.7. The van der Waals surface area contributed by atoms with Gasteiger partial charge in [-0.2, -0.15) is 0 Å². The molecule has 0 aliphatic rings. The summed E-state index contributed by atoms with van der Waals surface area (Å²) in [5.41, 5.74) is 0.722. The highest BCUT2D eigenvalue weighted by atomic mass is 16.5. The van der Waals surface area contributed by atoms with E-state index in [1.165, 1.54) is 11.7 Å². The van der Waals surface area contributed by atoms with E-state index in [0.29, 0.717) is 6.42 Å². The third-order valence-corrected chi connectivity index (χ3v) is 4.27. The van der Waals surface area contributed by atoms with Gasteiger partial charge in [-0.3, -0.25) is 9.59 Å². The fourth-order valence-corrected chi connectivity index (χ4v) is 2.62. The number of aromatic nitrogens is 1. The molecule has 1 atom stereocenters. The van der Waals surface area contributed by atoms with Crippen LogP contribution in [0.15, 0.2) is 47.4 Å². The molecule has 1 unspecified atom stereocenters. The van der Waals surface area contributed by atoms with Gasteiger partial charge in [0, 0.05) is 19.3 Å². The van der Waals surface area contributed by atoms with Gasteiger partial charge >= 0.3 is 0 Å². The maximum absolute atomic E-state index is 12.5. The Kier molecular flexibility index (Phi) is 6.22. The lowest BCUT2D eigenvalue weighted by Gasteiger charge is -2.26. The number of para-hydroxylation sites is 1. The largest absolute Gasteiger partial charge is 0.496 e. The number of carbonyl (C=O) groups excluding carboxylic acids is 1. The van der Waals surface area contributed by atoms with E-state index < -0.39 is 0 Å². The fraction of sp³-hybridized carbons (Fsp3) is 0.368. The van der Waals surface area contributed by atoms with Gasteiger partial charge in [0.05, 0.1) is 14.2 Å². The molecule has 6 heteroatoms. The summed E-state index contributed by atoms with van der Waals surface area (Å²) in [6.45, 7) is 1.95. The number of nitrogens with zero attached hydrogens (tertiary/aromatic N) is 2. The summed E-state index contributed by atoms with van der Waals surface area (Å²) in [4.78, 5) is 26.3. The average molecular weight is 344 g/mol. The second kappa shape index (κ2) is 8.37. The Morgan fingerprint density at radius 2 is 1.76 bits per heavy atom. The molecule has 0 radical (unpaired) electrons. The zero-order valence-electron chi connectivity index (χ0n) is 15.1. The molecule has 1 amide bonds. The number of likely N-dealkylation sites (N-methyl/N-ethyl adjacent to an activating group) is 1. The number of hydrogen-bond acceptors (Lipinski definition) is 4. The van der Waals surface area contributed by atoms with E-state index in [1.54, 1.807) is 37.4 Å². The van der Waals surface area contributed by atoms with Crippen LogP contribution >= 0.6 is 0 Å². The van der Waals surface area contributed by atoms with Crippen molar-refractivity contribution < 1.29 is 14.3 Å². The van der Waals surface area contributed by atoms with Gasteiger partial charge < -0.3 is 18.9 Å². The van der Waals surface area contributed by atoms with Gasteiger partial charge in [-0.15, -0.1) is 0 Å². The van der Waals surface area contributed by atoms with Crippen molar-refractivity contribution >= 4 is 5.91 Å². The SMILES string of the molecule is COc1ccccc1CC(C)N(C)C(=O)Cn1cccc(OC)c1=O. The fourth-order valence-electron chi connectivity index (χ4n) is 2.62. The first-order valence-electron chi connectivity index (χ1n) is 8.09. The van der Waals surface area contributed by atoms with Crippen LogP contribution in [-0.2, 0) is 17.8 Å². The molecule has 0 fully saturated rings. The van der Waals surface area contributed by atoms with Crippen LogP contribution < -0.4 is 15.0 Å². The predicted molar refractivity (Wildman–Crippen MR) is 96.2 cm³/mol. The summed E-state index contributed by atoms with van der Waals surface area (Å²) in [5, 5.41) is 0. The van der Waals surface area contributed by atoms with Gasteiger partial charge in [0.2, 0.25) is 5.91 Å². The first-order chi connectivity index (χ1) is 12.0. The first kappa shape index (κ1) is 18.6. The molecule has 1 aromatic heterocycles. The standard InChI is InChI=1S/C19H24N2O4/c1-14(12-15-8-5-6-9-16(15)24-3)20(2)18(22)13-21-11-7-10-17(25-4)19(21)23/h5-11,14H,12-13H2,1-4H3. The van der Waals surface area contributed by atoms with E-state index in [4.69, 9.17) is 9.47 Å². The molecule has 0 aliphatic heterocycles. The Bertz CT molecular complexity index is 785. The molecular weight excluding hydrogens is 320 g/mol. The average Bonchev–Trinajstić information content (AvgIpc) is 2.63. The molecule has 0 N–H and O–H groups in total. The van der Waals surface area contributed by atoms with Crippen molar-refractivity contribution in [3.63, 3.8) is 0 Å². The minimum absolute atomic E-state index is 0.0250. The number of amides is 1. The Hall–Kier alpha value is -2.76. The Labute approximate surface area is 147 Å². The van der Waals surface area contributed by atoms with E-state index in [-0.39, 0.29) is 29.8 Å². The lowest BCUT2D eigenvalue weighted by atomic mass is 10.1. The number of ether oxygens (including phenoxy) is 2. The van der Waals surface area contributed by atoms with Crippen LogP contribution in [0.4, 0.5) is 0 Å². The molecule has 25 heavy (non-hydrogen) atoms. The zero-order chi connectivity index (χ0) is 18.4.